The molecule has 1 aliphatic rings. The highest BCUT2D eigenvalue weighted by atomic mass is 32.2. The first kappa shape index (κ1) is 16.9. The largest absolute Gasteiger partial charge is 0.299 e. The second-order valence-electron chi connectivity index (χ2n) is 5.23. The molecule has 1 heterocycles. The molecule has 0 amide bonds. The minimum Gasteiger partial charge on any atom is -0.299 e. The van der Waals surface area contributed by atoms with Crippen molar-refractivity contribution in [2.45, 2.75) is 37.6 Å². The predicted octanol–water partition coefficient (Wildman–Crippen LogP) is 1.52. The molecule has 2 unspecified atom stereocenters. The van der Waals surface area contributed by atoms with E-state index >= 15 is 0 Å². The summed E-state index contributed by atoms with van der Waals surface area (Å²) in [5, 5.41) is 3.93. The number of halogens is 1. The standard InChI is InChI=1S/C13H26FN3OS/c1-5-13(10-17(13)14)7-8-16(3)9-11(18)12(19-4)15-6-2/h12,15H,5-10H2,1-4H3/t12?,13?,17-/m0/s1. The van der Waals surface area contributed by atoms with Crippen LogP contribution in [-0.4, -0.2) is 66.2 Å². The van der Waals surface area contributed by atoms with Gasteiger partial charge in [-0.15, -0.1) is 21.4 Å². The number of thioether (sulfide) groups is 1. The van der Waals surface area contributed by atoms with Crippen molar-refractivity contribution < 1.29 is 9.28 Å². The summed E-state index contributed by atoms with van der Waals surface area (Å²) in [6, 6.07) is 0. The number of ketones is 1. The lowest BCUT2D eigenvalue weighted by Crippen LogP contribution is -2.40. The van der Waals surface area contributed by atoms with E-state index in [1.165, 1.54) is 11.8 Å². The molecule has 112 valence electrons. The van der Waals surface area contributed by atoms with Gasteiger partial charge in [-0.2, -0.15) is 0 Å². The van der Waals surface area contributed by atoms with Crippen LogP contribution in [0.25, 0.3) is 0 Å². The van der Waals surface area contributed by atoms with Crippen LogP contribution in [0.2, 0.25) is 0 Å². The van der Waals surface area contributed by atoms with Gasteiger partial charge in [0, 0.05) is 6.54 Å². The molecule has 0 aromatic rings. The summed E-state index contributed by atoms with van der Waals surface area (Å²) in [5.74, 6) is 0.190. The molecule has 1 aliphatic heterocycles. The topological polar surface area (TPSA) is 35.4 Å². The van der Waals surface area contributed by atoms with Gasteiger partial charge in [0.05, 0.1) is 18.6 Å². The van der Waals surface area contributed by atoms with Gasteiger partial charge in [0.2, 0.25) is 0 Å². The highest BCUT2D eigenvalue weighted by Crippen LogP contribution is 2.39. The second-order valence-corrected chi connectivity index (χ2v) is 6.17. The summed E-state index contributed by atoms with van der Waals surface area (Å²) in [5.41, 5.74) is -0.252. The van der Waals surface area contributed by atoms with E-state index < -0.39 is 0 Å². The summed E-state index contributed by atoms with van der Waals surface area (Å²) >= 11 is 1.53. The van der Waals surface area contributed by atoms with E-state index in [1.54, 1.807) is 0 Å². The molecule has 1 saturated heterocycles. The van der Waals surface area contributed by atoms with Crippen molar-refractivity contribution in [2.24, 2.45) is 0 Å². The van der Waals surface area contributed by atoms with Gasteiger partial charge < -0.3 is 0 Å². The Morgan fingerprint density at radius 3 is 2.63 bits per heavy atom. The maximum atomic E-state index is 13.2. The van der Waals surface area contributed by atoms with Gasteiger partial charge in [0.25, 0.3) is 0 Å². The Morgan fingerprint density at radius 2 is 2.21 bits per heavy atom. The molecule has 0 aromatic carbocycles. The number of likely N-dealkylation sites (N-methyl/N-ethyl adjacent to an activating group) is 2. The van der Waals surface area contributed by atoms with Gasteiger partial charge in [-0.1, -0.05) is 13.8 Å². The van der Waals surface area contributed by atoms with Crippen LogP contribution >= 0.6 is 11.8 Å². The Kier molecular flexibility index (Phi) is 6.73. The number of carbonyl (C=O) groups is 1. The molecular formula is C13H26FN3OS. The van der Waals surface area contributed by atoms with Gasteiger partial charge in [0.1, 0.15) is 5.37 Å². The molecule has 0 bridgehead atoms. The van der Waals surface area contributed by atoms with Crippen molar-refractivity contribution in [3.8, 4) is 0 Å². The van der Waals surface area contributed by atoms with Gasteiger partial charge in [-0.25, -0.2) is 0 Å². The molecule has 3 atom stereocenters. The van der Waals surface area contributed by atoms with Crippen LogP contribution in [-0.2, 0) is 4.79 Å². The van der Waals surface area contributed by atoms with Gasteiger partial charge in [-0.05, 0) is 32.7 Å². The molecule has 0 aromatic heterocycles. The van der Waals surface area contributed by atoms with Crippen LogP contribution in [0.1, 0.15) is 26.7 Å². The Hall–Kier alpha value is -0.170. The zero-order valence-corrected chi connectivity index (χ0v) is 13.2. The van der Waals surface area contributed by atoms with Gasteiger partial charge >= 0.3 is 0 Å². The molecule has 1 fully saturated rings. The SMILES string of the molecule is CCNC(SC)C(=O)CN(C)CCC1(CC)C[N@]1F. The highest BCUT2D eigenvalue weighted by Gasteiger charge is 2.51. The first-order chi connectivity index (χ1) is 8.99. The number of Topliss-reactive ketones (excluding diaryl/α,β-unsaturated/α-hetero) is 1. The third-order valence-corrected chi connectivity index (χ3v) is 4.71. The Bertz CT molecular complexity index is 302. The molecule has 4 nitrogen and oxygen atoms in total. The van der Waals surface area contributed by atoms with Crippen LogP contribution in [0.4, 0.5) is 4.48 Å². The van der Waals surface area contributed by atoms with E-state index in [2.05, 4.69) is 5.32 Å². The minimum absolute atomic E-state index is 0.133. The molecule has 6 heteroatoms. The predicted molar refractivity (Wildman–Crippen MR) is 78.9 cm³/mol. The fourth-order valence-corrected chi connectivity index (χ4v) is 2.90. The summed E-state index contributed by atoms with van der Waals surface area (Å²) in [6.45, 7) is 6.51. The fraction of sp³-hybridized carbons (Fsp3) is 0.923. The zero-order chi connectivity index (χ0) is 14.5. The molecule has 0 aliphatic carbocycles. The monoisotopic (exact) mass is 291 g/mol. The smallest absolute Gasteiger partial charge is 0.173 e. The van der Waals surface area contributed by atoms with Crippen LogP contribution in [0.3, 0.4) is 0 Å². The van der Waals surface area contributed by atoms with Crippen LogP contribution in [0.15, 0.2) is 0 Å². The van der Waals surface area contributed by atoms with Crippen LogP contribution in [0.5, 0.6) is 0 Å². The number of hydrogen-bond acceptors (Lipinski definition) is 5. The lowest BCUT2D eigenvalue weighted by Gasteiger charge is -2.21. The summed E-state index contributed by atoms with van der Waals surface area (Å²) in [4.78, 5) is 14.0. The van der Waals surface area contributed by atoms with E-state index in [4.69, 9.17) is 0 Å². The molecule has 1 rings (SSSR count). The third kappa shape index (κ3) is 4.70. The second kappa shape index (κ2) is 7.57. The van der Waals surface area contributed by atoms with E-state index in [9.17, 15) is 9.28 Å². The number of carbonyl (C=O) groups excluding carboxylic acids is 1. The molecule has 0 spiro atoms. The Balaban J connectivity index is 2.30. The molecule has 0 radical (unpaired) electrons. The maximum absolute atomic E-state index is 13.2. The lowest BCUT2D eigenvalue weighted by molar-refractivity contribution is -0.119. The number of nitrogens with zero attached hydrogens (tertiary/aromatic N) is 2. The van der Waals surface area contributed by atoms with Crippen molar-refractivity contribution >= 4 is 17.5 Å². The number of hydrogen-bond donors (Lipinski definition) is 1. The number of nitrogens with one attached hydrogen (secondary N) is 1. The highest BCUT2D eigenvalue weighted by molar-refractivity contribution is 7.99. The minimum atomic E-state index is -0.252. The third-order valence-electron chi connectivity index (χ3n) is 3.80. The van der Waals surface area contributed by atoms with Crippen molar-refractivity contribution in [1.82, 2.24) is 15.3 Å². The Labute approximate surface area is 120 Å². The van der Waals surface area contributed by atoms with E-state index in [-0.39, 0.29) is 16.7 Å². The quantitative estimate of drug-likeness (QED) is 0.375. The van der Waals surface area contributed by atoms with E-state index in [0.717, 1.165) is 31.1 Å². The average molecular weight is 291 g/mol. The van der Waals surface area contributed by atoms with Crippen molar-refractivity contribution in [3.05, 3.63) is 0 Å². The van der Waals surface area contributed by atoms with E-state index in [1.807, 2.05) is 32.1 Å². The molecule has 1 N–H and O–H groups in total. The van der Waals surface area contributed by atoms with Crippen LogP contribution < -0.4 is 5.32 Å². The number of rotatable bonds is 10. The van der Waals surface area contributed by atoms with E-state index in [0.29, 0.717) is 13.1 Å². The first-order valence-corrected chi connectivity index (χ1v) is 8.18. The fourth-order valence-electron chi connectivity index (χ4n) is 2.22. The summed E-state index contributed by atoms with van der Waals surface area (Å²) in [6.07, 6.45) is 3.55. The van der Waals surface area contributed by atoms with Crippen molar-refractivity contribution in [2.75, 3.05) is 39.5 Å². The molecule has 0 saturated carbocycles. The van der Waals surface area contributed by atoms with Crippen LogP contribution in [0, 0.1) is 0 Å². The maximum Gasteiger partial charge on any atom is 0.173 e. The summed E-state index contributed by atoms with van der Waals surface area (Å²) in [7, 11) is 1.93. The lowest BCUT2D eigenvalue weighted by atomic mass is 10.0. The Morgan fingerprint density at radius 1 is 1.58 bits per heavy atom. The molecule has 19 heavy (non-hydrogen) atoms. The van der Waals surface area contributed by atoms with Crippen molar-refractivity contribution in [1.29, 1.82) is 0 Å². The average Bonchev–Trinajstić information content (AvgIpc) is 3.04. The molecular weight excluding hydrogens is 265 g/mol. The van der Waals surface area contributed by atoms with Gasteiger partial charge in [-0.3, -0.25) is 15.0 Å². The normalized spacial score (nSPS) is 27.6. The van der Waals surface area contributed by atoms with Gasteiger partial charge in [0.15, 0.2) is 5.78 Å². The summed E-state index contributed by atoms with van der Waals surface area (Å²) < 4.78 is 13.2. The zero-order valence-electron chi connectivity index (χ0n) is 12.4. The van der Waals surface area contributed by atoms with Crippen molar-refractivity contribution in [3.63, 3.8) is 0 Å². The first-order valence-electron chi connectivity index (χ1n) is 6.90.